The van der Waals surface area contributed by atoms with Crippen molar-refractivity contribution < 1.29 is 27.6 Å². The van der Waals surface area contributed by atoms with Crippen molar-refractivity contribution in [2.75, 3.05) is 11.6 Å². The Morgan fingerprint density at radius 2 is 1.82 bits per heavy atom. The zero-order valence-corrected chi connectivity index (χ0v) is 12.5. The van der Waals surface area contributed by atoms with Gasteiger partial charge in [0.2, 0.25) is 0 Å². The molecule has 0 aliphatic carbocycles. The van der Waals surface area contributed by atoms with E-state index in [1.54, 1.807) is 0 Å². The van der Waals surface area contributed by atoms with Gasteiger partial charge in [0.05, 0.1) is 4.90 Å². The fraction of sp³-hybridized carbons (Fsp3) is 0.154. The van der Waals surface area contributed by atoms with Gasteiger partial charge in [-0.15, -0.1) is 0 Å². The van der Waals surface area contributed by atoms with E-state index in [-0.39, 0.29) is 21.9 Å². The van der Waals surface area contributed by atoms with Crippen LogP contribution in [-0.4, -0.2) is 36.8 Å². The molecule has 2 aromatic rings. The van der Waals surface area contributed by atoms with Crippen molar-refractivity contribution in [1.82, 2.24) is 5.16 Å². The average molecular weight is 324 g/mol. The van der Waals surface area contributed by atoms with Crippen LogP contribution in [0.15, 0.2) is 33.7 Å². The SMILES string of the molecule is Cc1onc(C(=O)Nc2ccc(S(C)(=O)=O)cc2)c1C(=O)O. The molecule has 0 aliphatic heterocycles. The van der Waals surface area contributed by atoms with Gasteiger partial charge in [-0.25, -0.2) is 13.2 Å². The minimum absolute atomic E-state index is 0.0186. The lowest BCUT2D eigenvalue weighted by atomic mass is 10.2. The molecule has 0 aliphatic rings. The minimum atomic E-state index is -3.33. The molecule has 0 saturated carbocycles. The number of hydrogen-bond donors (Lipinski definition) is 2. The predicted molar refractivity (Wildman–Crippen MR) is 75.7 cm³/mol. The summed E-state index contributed by atoms with van der Waals surface area (Å²) in [6.07, 6.45) is 1.07. The third kappa shape index (κ3) is 3.14. The van der Waals surface area contributed by atoms with E-state index in [2.05, 4.69) is 10.5 Å². The van der Waals surface area contributed by atoms with Gasteiger partial charge >= 0.3 is 5.97 Å². The van der Waals surface area contributed by atoms with Gasteiger partial charge in [-0.3, -0.25) is 4.79 Å². The zero-order chi connectivity index (χ0) is 16.5. The molecule has 0 atom stereocenters. The Bertz CT molecular complexity index is 836. The average Bonchev–Trinajstić information content (AvgIpc) is 2.80. The molecule has 0 spiro atoms. The summed E-state index contributed by atoms with van der Waals surface area (Å²) in [5.41, 5.74) is -0.364. The van der Waals surface area contributed by atoms with E-state index >= 15 is 0 Å². The number of benzene rings is 1. The van der Waals surface area contributed by atoms with Crippen molar-refractivity contribution in [2.24, 2.45) is 0 Å². The molecule has 2 N–H and O–H groups in total. The first-order chi connectivity index (χ1) is 10.2. The van der Waals surface area contributed by atoms with Crippen molar-refractivity contribution in [1.29, 1.82) is 0 Å². The number of hydrogen-bond acceptors (Lipinski definition) is 6. The second-order valence-electron chi connectivity index (χ2n) is 4.52. The second kappa shape index (κ2) is 5.60. The molecule has 1 aromatic carbocycles. The Kier molecular flexibility index (Phi) is 4.00. The van der Waals surface area contributed by atoms with Gasteiger partial charge in [-0.1, -0.05) is 5.16 Å². The van der Waals surface area contributed by atoms with Crippen LogP contribution < -0.4 is 5.32 Å². The quantitative estimate of drug-likeness (QED) is 0.868. The van der Waals surface area contributed by atoms with Crippen molar-refractivity contribution >= 4 is 27.4 Å². The molecular formula is C13H12N2O6S. The number of nitrogens with zero attached hydrogens (tertiary/aromatic N) is 1. The summed E-state index contributed by atoms with van der Waals surface area (Å²) in [6.45, 7) is 1.38. The van der Waals surface area contributed by atoms with E-state index < -0.39 is 21.7 Å². The van der Waals surface area contributed by atoms with Gasteiger partial charge in [0, 0.05) is 11.9 Å². The number of amides is 1. The number of carbonyl (C=O) groups is 2. The first-order valence-electron chi connectivity index (χ1n) is 6.01. The predicted octanol–water partition coefficient (Wildman–Crippen LogP) is 1.34. The van der Waals surface area contributed by atoms with Crippen LogP contribution in [0.25, 0.3) is 0 Å². The summed E-state index contributed by atoms with van der Waals surface area (Å²) >= 11 is 0. The lowest BCUT2D eigenvalue weighted by Crippen LogP contribution is -2.16. The van der Waals surface area contributed by atoms with Crippen LogP contribution in [0.3, 0.4) is 0 Å². The summed E-state index contributed by atoms with van der Waals surface area (Å²) in [7, 11) is -3.33. The summed E-state index contributed by atoms with van der Waals surface area (Å²) in [4.78, 5) is 23.2. The van der Waals surface area contributed by atoms with Gasteiger partial charge in [-0.05, 0) is 31.2 Å². The van der Waals surface area contributed by atoms with Gasteiger partial charge in [0.15, 0.2) is 15.5 Å². The smallest absolute Gasteiger partial charge is 0.341 e. The lowest BCUT2D eigenvalue weighted by molar-refractivity contribution is 0.0691. The molecule has 8 nitrogen and oxygen atoms in total. The molecular weight excluding hydrogens is 312 g/mol. The fourth-order valence-electron chi connectivity index (χ4n) is 1.75. The molecule has 0 fully saturated rings. The van der Waals surface area contributed by atoms with Crippen LogP contribution in [0.4, 0.5) is 5.69 Å². The Balaban J connectivity index is 2.25. The number of carboxylic acids is 1. The van der Waals surface area contributed by atoms with Crippen LogP contribution in [0.2, 0.25) is 0 Å². The number of anilines is 1. The van der Waals surface area contributed by atoms with Crippen LogP contribution in [0.5, 0.6) is 0 Å². The summed E-state index contributed by atoms with van der Waals surface area (Å²) in [5.74, 6) is -2.07. The molecule has 1 aromatic heterocycles. The normalized spacial score (nSPS) is 11.2. The van der Waals surface area contributed by atoms with Crippen molar-refractivity contribution in [2.45, 2.75) is 11.8 Å². The van der Waals surface area contributed by atoms with Gasteiger partial charge in [0.25, 0.3) is 5.91 Å². The highest BCUT2D eigenvalue weighted by atomic mass is 32.2. The van der Waals surface area contributed by atoms with E-state index in [0.717, 1.165) is 6.26 Å². The van der Waals surface area contributed by atoms with E-state index in [1.807, 2.05) is 0 Å². The van der Waals surface area contributed by atoms with E-state index in [9.17, 15) is 18.0 Å². The van der Waals surface area contributed by atoms with E-state index in [1.165, 1.54) is 31.2 Å². The maximum absolute atomic E-state index is 12.0. The third-order valence-electron chi connectivity index (χ3n) is 2.83. The molecule has 0 bridgehead atoms. The number of aromatic carboxylic acids is 1. The number of aromatic nitrogens is 1. The summed E-state index contributed by atoms with van der Waals surface area (Å²) in [5, 5.41) is 14.9. The van der Waals surface area contributed by atoms with Gasteiger partial charge < -0.3 is 14.9 Å². The van der Waals surface area contributed by atoms with Gasteiger partial charge in [-0.2, -0.15) is 0 Å². The van der Waals surface area contributed by atoms with Crippen LogP contribution in [0.1, 0.15) is 26.6 Å². The highest BCUT2D eigenvalue weighted by molar-refractivity contribution is 7.90. The Hall–Kier alpha value is -2.68. The third-order valence-corrected chi connectivity index (χ3v) is 3.96. The number of carbonyl (C=O) groups excluding carboxylic acids is 1. The Morgan fingerprint density at radius 1 is 1.23 bits per heavy atom. The highest BCUT2D eigenvalue weighted by Gasteiger charge is 2.25. The first kappa shape index (κ1) is 15.7. The number of aryl methyl sites for hydroxylation is 1. The standard InChI is InChI=1S/C13H12N2O6S/c1-7-10(13(17)18)11(15-21-7)12(16)14-8-3-5-9(6-4-8)22(2,19)20/h3-6H,1-2H3,(H,14,16)(H,17,18). The molecule has 0 saturated heterocycles. The van der Waals surface area contributed by atoms with Crippen LogP contribution >= 0.6 is 0 Å². The highest BCUT2D eigenvalue weighted by Crippen LogP contribution is 2.17. The summed E-state index contributed by atoms with van der Waals surface area (Å²) in [6, 6.07) is 5.44. The molecule has 0 radical (unpaired) electrons. The molecule has 1 heterocycles. The van der Waals surface area contributed by atoms with E-state index in [0.29, 0.717) is 5.69 Å². The fourth-order valence-corrected chi connectivity index (χ4v) is 2.39. The maximum Gasteiger partial charge on any atom is 0.341 e. The summed E-state index contributed by atoms with van der Waals surface area (Å²) < 4.78 is 27.4. The Morgan fingerprint density at radius 3 is 2.32 bits per heavy atom. The number of nitrogens with one attached hydrogen (secondary N) is 1. The number of sulfone groups is 1. The topological polar surface area (TPSA) is 127 Å². The number of rotatable bonds is 4. The molecule has 22 heavy (non-hydrogen) atoms. The monoisotopic (exact) mass is 324 g/mol. The molecule has 1 amide bonds. The van der Waals surface area contributed by atoms with Crippen molar-refractivity contribution in [3.8, 4) is 0 Å². The largest absolute Gasteiger partial charge is 0.477 e. The van der Waals surface area contributed by atoms with Crippen LogP contribution in [0, 0.1) is 6.92 Å². The zero-order valence-electron chi connectivity index (χ0n) is 11.7. The molecule has 0 unspecified atom stereocenters. The number of carboxylic acid groups (broad SMARTS) is 1. The molecule has 116 valence electrons. The van der Waals surface area contributed by atoms with Crippen LogP contribution in [-0.2, 0) is 9.84 Å². The van der Waals surface area contributed by atoms with Crippen molar-refractivity contribution in [3.05, 3.63) is 41.3 Å². The molecule has 2 rings (SSSR count). The second-order valence-corrected chi connectivity index (χ2v) is 6.53. The van der Waals surface area contributed by atoms with E-state index in [4.69, 9.17) is 9.63 Å². The Labute approximate surface area is 125 Å². The first-order valence-corrected chi connectivity index (χ1v) is 7.90. The minimum Gasteiger partial charge on any atom is -0.477 e. The molecule has 9 heteroatoms. The maximum atomic E-state index is 12.0. The van der Waals surface area contributed by atoms with Crippen molar-refractivity contribution in [3.63, 3.8) is 0 Å². The van der Waals surface area contributed by atoms with Gasteiger partial charge in [0.1, 0.15) is 11.3 Å². The lowest BCUT2D eigenvalue weighted by Gasteiger charge is -2.04.